The van der Waals surface area contributed by atoms with E-state index in [1.807, 2.05) is 0 Å². The first-order valence-corrected chi connectivity index (χ1v) is 7.86. The molecular formula is C13H24N2OS. The zero-order valence-electron chi connectivity index (χ0n) is 10.9. The molecule has 0 saturated carbocycles. The van der Waals surface area contributed by atoms with E-state index in [0.29, 0.717) is 23.6 Å². The summed E-state index contributed by atoms with van der Waals surface area (Å²) in [5, 5.41) is 4.01. The summed E-state index contributed by atoms with van der Waals surface area (Å²) in [6, 6.07) is 0. The van der Waals surface area contributed by atoms with Crippen LogP contribution in [0.5, 0.6) is 0 Å². The van der Waals surface area contributed by atoms with Gasteiger partial charge in [-0.15, -0.1) is 0 Å². The maximum Gasteiger partial charge on any atom is 0.237 e. The lowest BCUT2D eigenvalue weighted by molar-refractivity contribution is -0.128. The van der Waals surface area contributed by atoms with E-state index in [1.54, 1.807) is 0 Å². The molecule has 0 bridgehead atoms. The summed E-state index contributed by atoms with van der Waals surface area (Å²) < 4.78 is 0. The third-order valence-corrected chi connectivity index (χ3v) is 4.94. The first-order chi connectivity index (χ1) is 8.16. The van der Waals surface area contributed by atoms with Crippen molar-refractivity contribution in [2.45, 2.75) is 50.9 Å². The molecule has 2 unspecified atom stereocenters. The molecule has 3 nitrogen and oxygen atoms in total. The summed E-state index contributed by atoms with van der Waals surface area (Å²) in [6.45, 7) is 5.93. The predicted molar refractivity (Wildman–Crippen MR) is 73.1 cm³/mol. The average Bonchev–Trinajstić information content (AvgIpc) is 2.62. The zero-order chi connectivity index (χ0) is 12.3. The van der Waals surface area contributed by atoms with E-state index in [2.05, 4.69) is 35.8 Å². The Bertz CT molecular complexity index is 264. The molecule has 0 aromatic rings. The van der Waals surface area contributed by atoms with Crippen molar-refractivity contribution < 1.29 is 4.79 Å². The Labute approximate surface area is 109 Å². The lowest BCUT2D eigenvalue weighted by Gasteiger charge is -2.31. The van der Waals surface area contributed by atoms with E-state index in [4.69, 9.17) is 0 Å². The SMILES string of the molecule is CC(C)CC1NCC(=O)N1CC1CCCCS1. The molecule has 0 aromatic heterocycles. The third-order valence-electron chi connectivity index (χ3n) is 3.55. The van der Waals surface area contributed by atoms with Gasteiger partial charge < -0.3 is 4.90 Å². The van der Waals surface area contributed by atoms with Crippen LogP contribution in [0.1, 0.15) is 39.5 Å². The molecule has 2 atom stereocenters. The van der Waals surface area contributed by atoms with Crippen LogP contribution in [0.3, 0.4) is 0 Å². The Morgan fingerprint density at radius 3 is 2.94 bits per heavy atom. The second-order valence-electron chi connectivity index (χ2n) is 5.56. The lowest BCUT2D eigenvalue weighted by atomic mass is 10.1. The number of hydrogen-bond acceptors (Lipinski definition) is 3. The van der Waals surface area contributed by atoms with Crippen LogP contribution < -0.4 is 5.32 Å². The maximum atomic E-state index is 11.9. The van der Waals surface area contributed by atoms with Gasteiger partial charge in [0, 0.05) is 11.8 Å². The average molecular weight is 256 g/mol. The summed E-state index contributed by atoms with van der Waals surface area (Å²) in [7, 11) is 0. The number of thioether (sulfide) groups is 1. The number of nitrogens with zero attached hydrogens (tertiary/aromatic N) is 1. The molecule has 4 heteroatoms. The van der Waals surface area contributed by atoms with Crippen LogP contribution >= 0.6 is 11.8 Å². The van der Waals surface area contributed by atoms with E-state index in [0.717, 1.165) is 13.0 Å². The Kier molecular flexibility index (Phi) is 4.74. The highest BCUT2D eigenvalue weighted by molar-refractivity contribution is 7.99. The predicted octanol–water partition coefficient (Wildman–Crippen LogP) is 2.08. The minimum absolute atomic E-state index is 0.282. The molecule has 2 aliphatic heterocycles. The van der Waals surface area contributed by atoms with Crippen molar-refractivity contribution in [1.82, 2.24) is 10.2 Å². The fourth-order valence-corrected chi connectivity index (χ4v) is 3.95. The van der Waals surface area contributed by atoms with Gasteiger partial charge in [0.2, 0.25) is 5.91 Å². The molecule has 2 aliphatic rings. The van der Waals surface area contributed by atoms with Gasteiger partial charge >= 0.3 is 0 Å². The van der Waals surface area contributed by atoms with Crippen molar-refractivity contribution in [3.05, 3.63) is 0 Å². The van der Waals surface area contributed by atoms with Crippen LogP contribution in [0.4, 0.5) is 0 Å². The van der Waals surface area contributed by atoms with Crippen LogP contribution in [-0.4, -0.2) is 41.1 Å². The standard InChI is InChI=1S/C13H24N2OS/c1-10(2)7-12-14-8-13(16)15(12)9-11-5-3-4-6-17-11/h10-12,14H,3-9H2,1-2H3. The topological polar surface area (TPSA) is 32.3 Å². The Morgan fingerprint density at radius 2 is 2.29 bits per heavy atom. The van der Waals surface area contributed by atoms with Crippen molar-refractivity contribution in [3.8, 4) is 0 Å². The van der Waals surface area contributed by atoms with Crippen LogP contribution in [0.25, 0.3) is 0 Å². The van der Waals surface area contributed by atoms with Gasteiger partial charge in [-0.2, -0.15) is 11.8 Å². The van der Waals surface area contributed by atoms with E-state index in [9.17, 15) is 4.79 Å². The fraction of sp³-hybridized carbons (Fsp3) is 0.923. The first-order valence-electron chi connectivity index (χ1n) is 6.81. The highest BCUT2D eigenvalue weighted by Crippen LogP contribution is 2.27. The van der Waals surface area contributed by atoms with Crippen molar-refractivity contribution in [1.29, 1.82) is 0 Å². The van der Waals surface area contributed by atoms with E-state index < -0.39 is 0 Å². The molecule has 0 aromatic carbocycles. The molecule has 98 valence electrons. The Balaban J connectivity index is 1.88. The highest BCUT2D eigenvalue weighted by atomic mass is 32.2. The molecule has 0 aliphatic carbocycles. The molecular weight excluding hydrogens is 232 g/mol. The van der Waals surface area contributed by atoms with Crippen molar-refractivity contribution in [3.63, 3.8) is 0 Å². The first kappa shape index (κ1) is 13.2. The number of nitrogens with one attached hydrogen (secondary N) is 1. The van der Waals surface area contributed by atoms with Gasteiger partial charge in [0.15, 0.2) is 0 Å². The van der Waals surface area contributed by atoms with Gasteiger partial charge in [-0.3, -0.25) is 10.1 Å². The van der Waals surface area contributed by atoms with E-state index in [-0.39, 0.29) is 6.17 Å². The van der Waals surface area contributed by atoms with Gasteiger partial charge in [-0.1, -0.05) is 20.3 Å². The van der Waals surface area contributed by atoms with Crippen molar-refractivity contribution in [2.24, 2.45) is 5.92 Å². The molecule has 1 N–H and O–H groups in total. The summed E-state index contributed by atoms with van der Waals surface area (Å²) in [5.41, 5.74) is 0. The second-order valence-corrected chi connectivity index (χ2v) is 6.97. The monoisotopic (exact) mass is 256 g/mol. The number of amides is 1. The van der Waals surface area contributed by atoms with Gasteiger partial charge in [-0.25, -0.2) is 0 Å². The number of carbonyl (C=O) groups excluding carboxylic acids is 1. The van der Waals surface area contributed by atoms with Gasteiger partial charge in [0.05, 0.1) is 12.7 Å². The van der Waals surface area contributed by atoms with Gasteiger partial charge in [0.1, 0.15) is 0 Å². The van der Waals surface area contributed by atoms with Crippen LogP contribution in [-0.2, 0) is 4.79 Å². The normalized spacial score (nSPS) is 30.3. The zero-order valence-corrected chi connectivity index (χ0v) is 11.8. The Hall–Kier alpha value is -0.220. The molecule has 17 heavy (non-hydrogen) atoms. The van der Waals surface area contributed by atoms with Crippen molar-refractivity contribution >= 4 is 17.7 Å². The number of hydrogen-bond donors (Lipinski definition) is 1. The minimum atomic E-state index is 0.282. The molecule has 1 amide bonds. The van der Waals surface area contributed by atoms with E-state index >= 15 is 0 Å². The molecule has 2 heterocycles. The summed E-state index contributed by atoms with van der Waals surface area (Å²) in [6.07, 6.45) is 5.32. The second kappa shape index (κ2) is 6.10. The number of rotatable bonds is 4. The smallest absolute Gasteiger partial charge is 0.237 e. The van der Waals surface area contributed by atoms with Gasteiger partial charge in [0.25, 0.3) is 0 Å². The molecule has 2 rings (SSSR count). The molecule has 2 fully saturated rings. The molecule has 0 radical (unpaired) electrons. The maximum absolute atomic E-state index is 11.9. The third kappa shape index (κ3) is 3.62. The van der Waals surface area contributed by atoms with Crippen LogP contribution in [0.15, 0.2) is 0 Å². The molecule has 2 saturated heterocycles. The highest BCUT2D eigenvalue weighted by Gasteiger charge is 2.32. The number of carbonyl (C=O) groups is 1. The lowest BCUT2D eigenvalue weighted by Crippen LogP contribution is -2.42. The van der Waals surface area contributed by atoms with Gasteiger partial charge in [-0.05, 0) is 30.9 Å². The fourth-order valence-electron chi connectivity index (χ4n) is 2.65. The molecule has 0 spiro atoms. The van der Waals surface area contributed by atoms with Crippen LogP contribution in [0, 0.1) is 5.92 Å². The quantitative estimate of drug-likeness (QED) is 0.836. The largest absolute Gasteiger partial charge is 0.325 e. The minimum Gasteiger partial charge on any atom is -0.325 e. The summed E-state index contributed by atoms with van der Waals surface area (Å²) in [5.74, 6) is 2.20. The summed E-state index contributed by atoms with van der Waals surface area (Å²) in [4.78, 5) is 14.0. The summed E-state index contributed by atoms with van der Waals surface area (Å²) >= 11 is 2.05. The Morgan fingerprint density at radius 1 is 1.47 bits per heavy atom. The van der Waals surface area contributed by atoms with E-state index in [1.165, 1.54) is 25.0 Å². The van der Waals surface area contributed by atoms with Crippen LogP contribution in [0.2, 0.25) is 0 Å². The van der Waals surface area contributed by atoms with Crippen molar-refractivity contribution in [2.75, 3.05) is 18.8 Å².